The van der Waals surface area contributed by atoms with Crippen LogP contribution in [0.5, 0.6) is 0 Å². The summed E-state index contributed by atoms with van der Waals surface area (Å²) >= 11 is 0. The van der Waals surface area contributed by atoms with Crippen molar-refractivity contribution in [2.24, 2.45) is 0 Å². The van der Waals surface area contributed by atoms with Gasteiger partial charge in [0.05, 0.1) is 7.11 Å². The first-order chi connectivity index (χ1) is 8.04. The molecule has 0 unspecified atom stereocenters. The number of hydrogen-bond donors (Lipinski definition) is 0. The van der Waals surface area contributed by atoms with Gasteiger partial charge in [0.15, 0.2) is 0 Å². The molecule has 0 saturated carbocycles. The molecule has 0 aliphatic carbocycles. The molecule has 1 rings (SSSR count). The van der Waals surface area contributed by atoms with Crippen LogP contribution < -0.4 is 0 Å². The molecule has 0 aromatic heterocycles. The minimum atomic E-state index is -0.409. The van der Waals surface area contributed by atoms with Gasteiger partial charge in [0.25, 0.3) is 0 Å². The average Bonchev–Trinajstić information content (AvgIpc) is 2.30. The Morgan fingerprint density at radius 3 is 2.47 bits per heavy atom. The highest BCUT2D eigenvalue weighted by molar-refractivity contribution is 5.80. The molecule has 0 aliphatic heterocycles. The van der Waals surface area contributed by atoms with Crippen LogP contribution in [-0.2, 0) is 20.9 Å². The molecule has 1 aromatic carbocycles. The molecule has 17 heavy (non-hydrogen) atoms. The molecule has 4 nitrogen and oxygen atoms in total. The summed E-state index contributed by atoms with van der Waals surface area (Å²) < 4.78 is 4.57. The highest BCUT2D eigenvalue weighted by atomic mass is 16.5. The average molecular weight is 235 g/mol. The van der Waals surface area contributed by atoms with Gasteiger partial charge in [-0.3, -0.25) is 9.59 Å². The largest absolute Gasteiger partial charge is 0.468 e. The molecule has 1 aromatic rings. The molecule has 0 atom stereocenters. The molecule has 0 bridgehead atoms. The van der Waals surface area contributed by atoms with E-state index in [2.05, 4.69) is 4.74 Å². The lowest BCUT2D eigenvalue weighted by Crippen LogP contribution is -2.34. The molecule has 0 fully saturated rings. The van der Waals surface area contributed by atoms with Crippen LogP contribution >= 0.6 is 0 Å². The molecule has 4 heteroatoms. The number of carbonyl (C=O) groups is 2. The van der Waals surface area contributed by atoms with Gasteiger partial charge in [0.1, 0.15) is 6.54 Å². The zero-order valence-electron chi connectivity index (χ0n) is 10.4. The van der Waals surface area contributed by atoms with Gasteiger partial charge in [-0.15, -0.1) is 0 Å². The van der Waals surface area contributed by atoms with Gasteiger partial charge < -0.3 is 9.64 Å². The molecular formula is C13H17NO3. The smallest absolute Gasteiger partial charge is 0.325 e. The number of rotatable bonds is 4. The van der Waals surface area contributed by atoms with Crippen LogP contribution in [0.3, 0.4) is 0 Å². The van der Waals surface area contributed by atoms with E-state index in [-0.39, 0.29) is 12.5 Å². The number of ether oxygens (including phenoxy) is 1. The van der Waals surface area contributed by atoms with Crippen molar-refractivity contribution < 1.29 is 14.3 Å². The van der Waals surface area contributed by atoms with Crippen molar-refractivity contribution in [3.8, 4) is 0 Å². The summed E-state index contributed by atoms with van der Waals surface area (Å²) in [5.41, 5.74) is 2.13. The number of aryl methyl sites for hydroxylation is 1. The van der Waals surface area contributed by atoms with Crippen molar-refractivity contribution in [2.45, 2.75) is 20.4 Å². The summed E-state index contributed by atoms with van der Waals surface area (Å²) in [5, 5.41) is 0. The minimum Gasteiger partial charge on any atom is -0.468 e. The topological polar surface area (TPSA) is 46.6 Å². The predicted octanol–water partition coefficient (Wildman–Crippen LogP) is 1.52. The molecule has 92 valence electrons. The van der Waals surface area contributed by atoms with E-state index in [9.17, 15) is 9.59 Å². The van der Waals surface area contributed by atoms with E-state index in [1.54, 1.807) is 0 Å². The highest BCUT2D eigenvalue weighted by Crippen LogP contribution is 2.10. The minimum absolute atomic E-state index is 0.0137. The third-order valence-corrected chi connectivity index (χ3v) is 2.62. The SMILES string of the molecule is COC(=O)CN(Cc1ccccc1C)C(C)=O. The fourth-order valence-electron chi connectivity index (χ4n) is 1.49. The van der Waals surface area contributed by atoms with Gasteiger partial charge in [-0.25, -0.2) is 0 Å². The van der Waals surface area contributed by atoms with Crippen molar-refractivity contribution in [3.05, 3.63) is 35.4 Å². The fraction of sp³-hybridized carbons (Fsp3) is 0.385. The normalized spacial score (nSPS) is 9.82. The van der Waals surface area contributed by atoms with E-state index in [1.165, 1.54) is 18.9 Å². The number of nitrogens with zero attached hydrogens (tertiary/aromatic N) is 1. The van der Waals surface area contributed by atoms with Gasteiger partial charge in [-0.05, 0) is 18.1 Å². The first kappa shape index (κ1) is 13.2. The number of benzene rings is 1. The maximum Gasteiger partial charge on any atom is 0.325 e. The van der Waals surface area contributed by atoms with Crippen LogP contribution in [0.4, 0.5) is 0 Å². The molecule has 1 amide bonds. The zero-order chi connectivity index (χ0) is 12.8. The summed E-state index contributed by atoms with van der Waals surface area (Å²) in [7, 11) is 1.31. The molecule has 0 saturated heterocycles. The van der Waals surface area contributed by atoms with Crippen LogP contribution in [0, 0.1) is 6.92 Å². The molecule has 0 N–H and O–H groups in total. The van der Waals surface area contributed by atoms with Gasteiger partial charge in [-0.1, -0.05) is 24.3 Å². The lowest BCUT2D eigenvalue weighted by Gasteiger charge is -2.20. The number of amides is 1. The number of esters is 1. The van der Waals surface area contributed by atoms with Crippen LogP contribution in [0.2, 0.25) is 0 Å². The quantitative estimate of drug-likeness (QED) is 0.743. The maximum absolute atomic E-state index is 11.4. The summed E-state index contributed by atoms with van der Waals surface area (Å²) in [6.07, 6.45) is 0. The second kappa shape index (κ2) is 6.03. The van der Waals surface area contributed by atoms with Crippen LogP contribution in [0.15, 0.2) is 24.3 Å². The van der Waals surface area contributed by atoms with Crippen molar-refractivity contribution in [1.82, 2.24) is 4.90 Å². The van der Waals surface area contributed by atoms with E-state index < -0.39 is 5.97 Å². The third-order valence-electron chi connectivity index (χ3n) is 2.62. The van der Waals surface area contributed by atoms with Crippen molar-refractivity contribution in [1.29, 1.82) is 0 Å². The summed E-state index contributed by atoms with van der Waals surface area (Å²) in [6, 6.07) is 7.78. The Morgan fingerprint density at radius 1 is 1.29 bits per heavy atom. The second-order valence-electron chi connectivity index (χ2n) is 3.88. The third kappa shape index (κ3) is 3.90. The summed E-state index contributed by atoms with van der Waals surface area (Å²) in [4.78, 5) is 24.1. The van der Waals surface area contributed by atoms with E-state index >= 15 is 0 Å². The van der Waals surface area contributed by atoms with Crippen LogP contribution in [-0.4, -0.2) is 30.4 Å². The monoisotopic (exact) mass is 235 g/mol. The Kier molecular flexibility index (Phi) is 4.69. The number of hydrogen-bond acceptors (Lipinski definition) is 3. The lowest BCUT2D eigenvalue weighted by atomic mass is 10.1. The Bertz CT molecular complexity index is 415. The van der Waals surface area contributed by atoms with Crippen LogP contribution in [0.1, 0.15) is 18.1 Å². The standard InChI is InChI=1S/C13H17NO3/c1-10-6-4-5-7-12(10)8-14(11(2)15)9-13(16)17-3/h4-7H,8-9H2,1-3H3. The Balaban J connectivity index is 2.77. The van der Waals surface area contributed by atoms with Gasteiger partial charge in [-0.2, -0.15) is 0 Å². The lowest BCUT2D eigenvalue weighted by molar-refractivity contribution is -0.146. The number of carbonyl (C=O) groups excluding carboxylic acids is 2. The van der Waals surface area contributed by atoms with E-state index in [4.69, 9.17) is 0 Å². The van der Waals surface area contributed by atoms with E-state index in [0.717, 1.165) is 11.1 Å². The van der Waals surface area contributed by atoms with Gasteiger partial charge >= 0.3 is 5.97 Å². The molecule has 0 radical (unpaired) electrons. The Labute approximate surface area is 101 Å². The van der Waals surface area contributed by atoms with E-state index in [0.29, 0.717) is 6.54 Å². The molecule has 0 aliphatic rings. The van der Waals surface area contributed by atoms with E-state index in [1.807, 2.05) is 31.2 Å². The highest BCUT2D eigenvalue weighted by Gasteiger charge is 2.14. The Morgan fingerprint density at radius 2 is 1.94 bits per heavy atom. The first-order valence-corrected chi connectivity index (χ1v) is 5.41. The first-order valence-electron chi connectivity index (χ1n) is 5.41. The Hall–Kier alpha value is -1.84. The molecule has 0 spiro atoms. The van der Waals surface area contributed by atoms with Gasteiger partial charge in [0, 0.05) is 13.5 Å². The van der Waals surface area contributed by atoms with Crippen molar-refractivity contribution in [2.75, 3.05) is 13.7 Å². The summed E-state index contributed by atoms with van der Waals surface area (Å²) in [5.74, 6) is -0.549. The zero-order valence-corrected chi connectivity index (χ0v) is 10.4. The van der Waals surface area contributed by atoms with Crippen molar-refractivity contribution in [3.63, 3.8) is 0 Å². The van der Waals surface area contributed by atoms with Crippen molar-refractivity contribution >= 4 is 11.9 Å². The fourth-order valence-corrected chi connectivity index (χ4v) is 1.49. The second-order valence-corrected chi connectivity index (χ2v) is 3.88. The molecule has 0 heterocycles. The predicted molar refractivity (Wildman–Crippen MR) is 64.3 cm³/mol. The summed E-state index contributed by atoms with van der Waals surface area (Å²) in [6.45, 7) is 3.84. The molecular weight excluding hydrogens is 218 g/mol. The van der Waals surface area contributed by atoms with Gasteiger partial charge in [0.2, 0.25) is 5.91 Å². The van der Waals surface area contributed by atoms with Crippen LogP contribution in [0.25, 0.3) is 0 Å². The number of methoxy groups -OCH3 is 1. The maximum atomic E-state index is 11.4.